The first-order valence-corrected chi connectivity index (χ1v) is 8.84. The van der Waals surface area contributed by atoms with Gasteiger partial charge in [-0.2, -0.15) is 0 Å². The van der Waals surface area contributed by atoms with Gasteiger partial charge in [-0.15, -0.1) is 0 Å². The summed E-state index contributed by atoms with van der Waals surface area (Å²) in [5, 5.41) is 7.43. The van der Waals surface area contributed by atoms with E-state index in [1.165, 1.54) is 0 Å². The molecule has 0 bridgehead atoms. The summed E-state index contributed by atoms with van der Waals surface area (Å²) in [5.74, 6) is -0.499. The highest BCUT2D eigenvalue weighted by Gasteiger charge is 2.62. The molecule has 0 rings (SSSR count). The third-order valence-electron chi connectivity index (χ3n) is 3.28. The van der Waals surface area contributed by atoms with E-state index in [-0.39, 0.29) is 0 Å². The number of hydrogen-bond acceptors (Lipinski definition) is 7. The molecule has 7 nitrogen and oxygen atoms in total. The minimum absolute atomic E-state index is 0.473. The van der Waals surface area contributed by atoms with Crippen LogP contribution in [-0.4, -0.2) is 37.8 Å². The van der Waals surface area contributed by atoms with E-state index < -0.39 is 32.3 Å². The summed E-state index contributed by atoms with van der Waals surface area (Å²) in [6.45, 7) is 3.45. The van der Waals surface area contributed by atoms with Crippen LogP contribution in [0.2, 0.25) is 0 Å². The first-order valence-electron chi connectivity index (χ1n) is 5.49. The third kappa shape index (κ3) is 2.59. The van der Waals surface area contributed by atoms with Crippen molar-refractivity contribution in [1.29, 1.82) is 0 Å². The largest absolute Gasteiger partial charge is 0.386 e. The zero-order chi connectivity index (χ0) is 14.6. The summed E-state index contributed by atoms with van der Waals surface area (Å²) in [6, 6.07) is 0. The molecule has 0 fully saturated rings. The fourth-order valence-electron chi connectivity index (χ4n) is 1.78. The lowest BCUT2D eigenvalue weighted by atomic mass is 10.1. The normalized spacial score (nSPS) is 21.1. The molecule has 0 heterocycles. The second-order valence-electron chi connectivity index (χ2n) is 3.95. The van der Waals surface area contributed by atoms with Gasteiger partial charge in [-0.3, -0.25) is 9.13 Å². The molecule has 0 radical (unpaired) electrons. The molecule has 3 N–H and O–H groups in total. The number of aliphatic hydroxyl groups is 1. The summed E-state index contributed by atoms with van der Waals surface area (Å²) < 4.78 is 39.8. The van der Waals surface area contributed by atoms with Gasteiger partial charge in [0.1, 0.15) is 6.35 Å². The van der Waals surface area contributed by atoms with Crippen LogP contribution in [0.25, 0.3) is 0 Å². The molecule has 110 valence electrons. The molecule has 0 spiro atoms. The number of aliphatic hydroxyl groups excluding tert-OH is 1. The summed E-state index contributed by atoms with van der Waals surface area (Å²) in [4.78, 5) is 0. The molecule has 3 atom stereocenters. The van der Waals surface area contributed by atoms with Crippen molar-refractivity contribution >= 4 is 15.0 Å². The minimum atomic E-state index is -3.90. The Balaban J connectivity index is 6.05. The summed E-state index contributed by atoms with van der Waals surface area (Å²) in [7, 11) is -4.24. The van der Waals surface area contributed by atoms with Crippen LogP contribution in [0.5, 0.6) is 0 Å². The maximum absolute atomic E-state index is 12.6. The van der Waals surface area contributed by atoms with Crippen molar-refractivity contribution in [1.82, 2.24) is 0 Å². The molecule has 9 heteroatoms. The van der Waals surface area contributed by atoms with Gasteiger partial charge in [0.15, 0.2) is 0 Å². The fourth-order valence-corrected chi connectivity index (χ4v) is 7.14. The molecule has 0 saturated heterocycles. The topological polar surface area (TPSA) is 108 Å². The zero-order valence-corrected chi connectivity index (χ0v) is 13.2. The third-order valence-corrected chi connectivity index (χ3v) is 9.71. The summed E-state index contributed by atoms with van der Waals surface area (Å²) >= 11 is 0. The van der Waals surface area contributed by atoms with E-state index in [0.29, 0.717) is 6.42 Å². The lowest BCUT2D eigenvalue weighted by Gasteiger charge is -2.42. The quantitative estimate of drug-likeness (QED) is 0.660. The number of nitrogens with two attached hydrogens (primary N) is 1. The molecule has 0 aliphatic carbocycles. The van der Waals surface area contributed by atoms with Crippen LogP contribution in [0.3, 0.4) is 0 Å². The second-order valence-corrected chi connectivity index (χ2v) is 9.51. The highest BCUT2D eigenvalue weighted by Crippen LogP contribution is 2.76. The van der Waals surface area contributed by atoms with E-state index in [2.05, 4.69) is 0 Å². The molecule has 0 aromatic carbocycles. The Kier molecular flexibility index (Phi) is 6.71. The van der Waals surface area contributed by atoms with Crippen LogP contribution in [0.4, 0.5) is 0 Å². The van der Waals surface area contributed by atoms with Crippen molar-refractivity contribution in [3.8, 4) is 0 Å². The van der Waals surface area contributed by atoms with Gasteiger partial charge in [0.05, 0.1) is 0 Å². The van der Waals surface area contributed by atoms with Crippen LogP contribution >= 0.6 is 15.0 Å². The molecule has 0 saturated carbocycles. The van der Waals surface area contributed by atoms with E-state index >= 15 is 0 Å². The van der Waals surface area contributed by atoms with Gasteiger partial charge in [0, 0.05) is 21.3 Å². The van der Waals surface area contributed by atoms with Crippen LogP contribution in [-0.2, 0) is 22.7 Å². The average molecular weight is 303 g/mol. The molecule has 18 heavy (non-hydrogen) atoms. The Bertz CT molecular complexity index is 319. The van der Waals surface area contributed by atoms with E-state index in [9.17, 15) is 14.2 Å². The van der Waals surface area contributed by atoms with Gasteiger partial charge in [0.2, 0.25) is 5.02 Å². The van der Waals surface area contributed by atoms with Crippen LogP contribution < -0.4 is 5.73 Å². The van der Waals surface area contributed by atoms with Crippen molar-refractivity contribution in [2.45, 2.75) is 25.3 Å². The van der Waals surface area contributed by atoms with Crippen molar-refractivity contribution in [3.63, 3.8) is 0 Å². The van der Waals surface area contributed by atoms with Crippen molar-refractivity contribution < 1.29 is 27.8 Å². The molecule has 0 aromatic heterocycles. The average Bonchev–Trinajstić information content (AvgIpc) is 2.43. The van der Waals surface area contributed by atoms with Crippen LogP contribution in [0.15, 0.2) is 0 Å². The Morgan fingerprint density at radius 1 is 1.22 bits per heavy atom. The molecule has 0 aliphatic rings. The Morgan fingerprint density at radius 2 is 1.67 bits per heavy atom. The minimum Gasteiger partial charge on any atom is -0.386 e. The number of hydrogen-bond donors (Lipinski definition) is 2. The maximum Gasteiger partial charge on any atom is 0.360 e. The predicted molar refractivity (Wildman–Crippen MR) is 69.7 cm³/mol. The first kappa shape index (κ1) is 18.3. The lowest BCUT2D eigenvalue weighted by Crippen LogP contribution is -2.47. The summed E-state index contributed by atoms with van der Waals surface area (Å²) in [6.07, 6.45) is -0.360. The monoisotopic (exact) mass is 303 g/mol. The molecule has 0 amide bonds. The lowest BCUT2D eigenvalue weighted by molar-refractivity contribution is 0.226. The zero-order valence-electron chi connectivity index (χ0n) is 11.5. The maximum atomic E-state index is 12.6. The Morgan fingerprint density at radius 3 is 1.89 bits per heavy atom. The first-order chi connectivity index (χ1) is 8.22. The SMILES string of the molecule is CCC(C)C(N)(P(=O)(CO)OC)P(=O)(OC)OC. The van der Waals surface area contributed by atoms with Crippen LogP contribution in [0, 0.1) is 5.92 Å². The van der Waals surface area contributed by atoms with Crippen LogP contribution in [0.1, 0.15) is 20.3 Å². The highest BCUT2D eigenvalue weighted by molar-refractivity contribution is 7.76. The van der Waals surface area contributed by atoms with Gasteiger partial charge in [-0.1, -0.05) is 20.3 Å². The van der Waals surface area contributed by atoms with Crippen molar-refractivity contribution in [3.05, 3.63) is 0 Å². The van der Waals surface area contributed by atoms with E-state index in [4.69, 9.17) is 19.3 Å². The van der Waals surface area contributed by atoms with E-state index in [1.54, 1.807) is 13.8 Å². The fraction of sp³-hybridized carbons (Fsp3) is 1.00. The number of rotatable bonds is 8. The molecule has 0 aliphatic heterocycles. The molecule has 0 aromatic rings. The van der Waals surface area contributed by atoms with Gasteiger partial charge in [-0.05, 0) is 5.92 Å². The molecule has 3 unspecified atom stereocenters. The van der Waals surface area contributed by atoms with E-state index in [0.717, 1.165) is 21.3 Å². The smallest absolute Gasteiger partial charge is 0.360 e. The Hall–Kier alpha value is 0.260. The standard InChI is InChI=1S/C9H23NO6P2/c1-6-8(2)9(10,17(12,7-11)14-3)18(13,15-4)16-5/h8,11H,6-7,10H2,1-5H3. The van der Waals surface area contributed by atoms with E-state index in [1.807, 2.05) is 0 Å². The van der Waals surface area contributed by atoms with Crippen molar-refractivity contribution in [2.24, 2.45) is 11.7 Å². The second kappa shape index (κ2) is 6.62. The summed E-state index contributed by atoms with van der Waals surface area (Å²) in [5.41, 5.74) is 6.09. The molecular weight excluding hydrogens is 280 g/mol. The van der Waals surface area contributed by atoms with Gasteiger partial charge in [0.25, 0.3) is 7.37 Å². The van der Waals surface area contributed by atoms with Gasteiger partial charge in [-0.25, -0.2) is 0 Å². The predicted octanol–water partition coefficient (Wildman–Crippen LogP) is 2.01. The highest BCUT2D eigenvalue weighted by atomic mass is 31.2. The Labute approximate surface area is 108 Å². The van der Waals surface area contributed by atoms with Crippen molar-refractivity contribution in [2.75, 3.05) is 27.7 Å². The van der Waals surface area contributed by atoms with Gasteiger partial charge < -0.3 is 24.4 Å². The molecular formula is C9H23NO6P2. The van der Waals surface area contributed by atoms with Gasteiger partial charge >= 0.3 is 7.60 Å².